The second-order valence-electron chi connectivity index (χ2n) is 10.5. The molecular formula is C31H33N3O3. The number of aromatic nitrogens is 2. The molecule has 5 rings (SSSR count). The lowest BCUT2D eigenvalue weighted by Gasteiger charge is -2.39. The summed E-state index contributed by atoms with van der Waals surface area (Å²) in [5.74, 6) is 0.532. The molecule has 1 aromatic heterocycles. The lowest BCUT2D eigenvalue weighted by molar-refractivity contribution is 0.0400. The molecule has 0 aliphatic carbocycles. The van der Waals surface area contributed by atoms with Gasteiger partial charge in [0.1, 0.15) is 11.7 Å². The number of rotatable bonds is 5. The Labute approximate surface area is 218 Å². The number of fused-ring (bicyclic) bond motifs is 1. The zero-order chi connectivity index (χ0) is 26.0. The maximum absolute atomic E-state index is 13.1. The van der Waals surface area contributed by atoms with Gasteiger partial charge in [0.15, 0.2) is 0 Å². The van der Waals surface area contributed by atoms with Crippen LogP contribution in [-0.4, -0.2) is 33.6 Å². The van der Waals surface area contributed by atoms with Gasteiger partial charge in [-0.25, -0.2) is 9.48 Å². The maximum atomic E-state index is 13.1. The fraction of sp³-hybridized carbons (Fsp3) is 0.290. The number of hydrogen-bond acceptors (Lipinski definition) is 4. The number of ether oxygens (including phenoxy) is 2. The lowest BCUT2D eigenvalue weighted by atomic mass is 9.79. The van der Waals surface area contributed by atoms with E-state index in [1.54, 1.807) is 0 Å². The van der Waals surface area contributed by atoms with Crippen LogP contribution >= 0.6 is 0 Å². The van der Waals surface area contributed by atoms with Gasteiger partial charge in [0.05, 0.1) is 17.4 Å². The van der Waals surface area contributed by atoms with E-state index < -0.39 is 11.7 Å². The lowest BCUT2D eigenvalue weighted by Crippen LogP contribution is -2.54. The number of hydrogen-bond donors (Lipinski definition) is 1. The first-order valence-electron chi connectivity index (χ1n) is 12.7. The molecule has 1 amide bonds. The van der Waals surface area contributed by atoms with Gasteiger partial charge in [-0.1, -0.05) is 78.9 Å². The van der Waals surface area contributed by atoms with Gasteiger partial charge in [0, 0.05) is 17.9 Å². The number of carbonyl (C=O) groups excluding carboxylic acids is 1. The summed E-state index contributed by atoms with van der Waals surface area (Å²) < 4.78 is 14.3. The average molecular weight is 496 g/mol. The van der Waals surface area contributed by atoms with Crippen molar-refractivity contribution in [2.45, 2.75) is 57.8 Å². The summed E-state index contributed by atoms with van der Waals surface area (Å²) in [6, 6.07) is 30.1. The molecule has 0 fully saturated rings. The summed E-state index contributed by atoms with van der Waals surface area (Å²) in [5, 5.41) is 8.09. The van der Waals surface area contributed by atoms with Crippen LogP contribution in [0.5, 0.6) is 5.88 Å². The summed E-state index contributed by atoms with van der Waals surface area (Å²) in [4.78, 5) is 13.1. The van der Waals surface area contributed by atoms with Crippen LogP contribution in [0.25, 0.3) is 5.69 Å². The molecule has 0 radical (unpaired) electrons. The van der Waals surface area contributed by atoms with Crippen LogP contribution in [0.4, 0.5) is 4.79 Å². The predicted octanol–water partition coefficient (Wildman–Crippen LogP) is 6.21. The Balaban J connectivity index is 1.65. The topological polar surface area (TPSA) is 65.4 Å². The van der Waals surface area contributed by atoms with E-state index in [4.69, 9.17) is 14.6 Å². The second-order valence-corrected chi connectivity index (χ2v) is 10.5. The van der Waals surface area contributed by atoms with Crippen LogP contribution in [0.2, 0.25) is 0 Å². The molecule has 1 aliphatic heterocycles. The normalized spacial score (nSPS) is 19.0. The molecule has 3 aromatic carbocycles. The molecule has 6 nitrogen and oxygen atoms in total. The summed E-state index contributed by atoms with van der Waals surface area (Å²) in [7, 11) is 0. The van der Waals surface area contributed by atoms with E-state index in [1.165, 1.54) is 0 Å². The quantitative estimate of drug-likeness (QED) is 0.358. The van der Waals surface area contributed by atoms with E-state index in [-0.39, 0.29) is 18.1 Å². The van der Waals surface area contributed by atoms with Crippen molar-refractivity contribution in [3.05, 3.63) is 113 Å². The van der Waals surface area contributed by atoms with E-state index in [1.807, 2.05) is 99.1 Å². The van der Waals surface area contributed by atoms with Crippen molar-refractivity contribution in [3.8, 4) is 11.6 Å². The zero-order valence-electron chi connectivity index (χ0n) is 21.7. The minimum absolute atomic E-state index is 0.177. The number of para-hydroxylation sites is 1. The van der Waals surface area contributed by atoms with Crippen LogP contribution < -0.4 is 10.1 Å². The number of nitrogens with one attached hydrogen (secondary N) is 1. The van der Waals surface area contributed by atoms with Crippen molar-refractivity contribution in [1.82, 2.24) is 15.1 Å². The SMILES string of the molecule is Cc1nn(-c2ccccc2)c2c1[C@@H](c1ccccc1)[C@H](NC(=O)OC(C)(C)C)C(Cc1ccccc1)O2. The molecule has 6 heteroatoms. The Kier molecular flexibility index (Phi) is 6.74. The minimum atomic E-state index is -0.615. The van der Waals surface area contributed by atoms with Gasteiger partial charge in [-0.3, -0.25) is 0 Å². The van der Waals surface area contributed by atoms with E-state index in [0.717, 1.165) is 28.1 Å². The molecule has 4 aromatic rings. The van der Waals surface area contributed by atoms with E-state index in [2.05, 4.69) is 29.6 Å². The highest BCUT2D eigenvalue weighted by molar-refractivity contribution is 5.69. The zero-order valence-corrected chi connectivity index (χ0v) is 21.7. The van der Waals surface area contributed by atoms with E-state index >= 15 is 0 Å². The first kappa shape index (κ1) is 24.6. The van der Waals surface area contributed by atoms with Gasteiger partial charge in [-0.2, -0.15) is 5.10 Å². The number of carbonyl (C=O) groups is 1. The van der Waals surface area contributed by atoms with Gasteiger partial charge in [-0.05, 0) is 51.0 Å². The molecule has 0 spiro atoms. The summed E-state index contributed by atoms with van der Waals surface area (Å²) in [5.41, 5.74) is 4.36. The fourth-order valence-electron chi connectivity index (χ4n) is 5.01. The average Bonchev–Trinajstić information content (AvgIpc) is 3.20. The second kappa shape index (κ2) is 10.1. The van der Waals surface area contributed by atoms with Gasteiger partial charge in [0.25, 0.3) is 0 Å². The smallest absolute Gasteiger partial charge is 0.408 e. The van der Waals surface area contributed by atoms with Crippen molar-refractivity contribution in [2.75, 3.05) is 0 Å². The highest BCUT2D eigenvalue weighted by Gasteiger charge is 2.44. The van der Waals surface area contributed by atoms with Crippen molar-refractivity contribution < 1.29 is 14.3 Å². The Morgan fingerprint density at radius 1 is 0.946 bits per heavy atom. The number of alkyl carbamates (subject to hydrolysis) is 1. The number of nitrogens with zero attached hydrogens (tertiary/aromatic N) is 2. The molecular weight excluding hydrogens is 462 g/mol. The third kappa shape index (κ3) is 5.38. The monoisotopic (exact) mass is 495 g/mol. The van der Waals surface area contributed by atoms with Gasteiger partial charge in [-0.15, -0.1) is 0 Å². The molecule has 0 bridgehead atoms. The molecule has 2 heterocycles. The highest BCUT2D eigenvalue weighted by atomic mass is 16.6. The van der Waals surface area contributed by atoms with Gasteiger partial charge in [0.2, 0.25) is 5.88 Å². The first-order chi connectivity index (χ1) is 17.8. The largest absolute Gasteiger partial charge is 0.471 e. The molecule has 190 valence electrons. The van der Waals surface area contributed by atoms with Crippen LogP contribution in [0, 0.1) is 6.92 Å². The van der Waals surface area contributed by atoms with Crippen molar-refractivity contribution >= 4 is 6.09 Å². The minimum Gasteiger partial charge on any atom is -0.471 e. The number of amides is 1. The van der Waals surface area contributed by atoms with Crippen LogP contribution in [0.3, 0.4) is 0 Å². The molecule has 0 saturated heterocycles. The Hall–Kier alpha value is -4.06. The summed E-state index contributed by atoms with van der Waals surface area (Å²) in [6.07, 6.45) is -0.203. The van der Waals surface area contributed by atoms with Crippen molar-refractivity contribution in [3.63, 3.8) is 0 Å². The molecule has 37 heavy (non-hydrogen) atoms. The summed E-state index contributed by atoms with van der Waals surface area (Å²) in [6.45, 7) is 7.60. The maximum Gasteiger partial charge on any atom is 0.408 e. The van der Waals surface area contributed by atoms with E-state index in [0.29, 0.717) is 12.3 Å². The predicted molar refractivity (Wildman–Crippen MR) is 144 cm³/mol. The van der Waals surface area contributed by atoms with Gasteiger partial charge >= 0.3 is 6.09 Å². The van der Waals surface area contributed by atoms with Crippen LogP contribution in [-0.2, 0) is 11.2 Å². The molecule has 1 N–H and O–H groups in total. The van der Waals surface area contributed by atoms with Crippen molar-refractivity contribution in [2.24, 2.45) is 0 Å². The highest BCUT2D eigenvalue weighted by Crippen LogP contribution is 2.44. The molecule has 1 aliphatic rings. The first-order valence-corrected chi connectivity index (χ1v) is 12.7. The number of benzene rings is 3. The van der Waals surface area contributed by atoms with Crippen LogP contribution in [0.15, 0.2) is 91.0 Å². The van der Waals surface area contributed by atoms with E-state index in [9.17, 15) is 4.79 Å². The Morgan fingerprint density at radius 2 is 1.54 bits per heavy atom. The third-order valence-corrected chi connectivity index (χ3v) is 6.52. The van der Waals surface area contributed by atoms with Crippen LogP contribution in [0.1, 0.15) is 49.1 Å². The van der Waals surface area contributed by atoms with Gasteiger partial charge < -0.3 is 14.8 Å². The number of aryl methyl sites for hydroxylation is 1. The molecule has 1 unspecified atom stereocenters. The standard InChI is InChI=1S/C31H33N3O3/c1-21-26-27(23-16-10-6-11-17-23)28(32-30(35)37-31(2,3)4)25(20-22-14-8-5-9-15-22)36-29(26)34(33-21)24-18-12-7-13-19-24/h5-19,25,27-28H,20H2,1-4H3,(H,32,35)/t25?,27-,28-/m1/s1. The Morgan fingerprint density at radius 3 is 2.16 bits per heavy atom. The third-order valence-electron chi connectivity index (χ3n) is 6.52. The van der Waals surface area contributed by atoms with Crippen molar-refractivity contribution in [1.29, 1.82) is 0 Å². The Bertz CT molecular complexity index is 1350. The molecule has 3 atom stereocenters. The molecule has 0 saturated carbocycles. The summed E-state index contributed by atoms with van der Waals surface area (Å²) >= 11 is 0. The fourth-order valence-corrected chi connectivity index (χ4v) is 5.01.